The molecule has 82 valence electrons. The highest BCUT2D eigenvalue weighted by Gasteiger charge is 2.15. The molecule has 0 fully saturated rings. The Morgan fingerprint density at radius 1 is 1.44 bits per heavy atom. The lowest BCUT2D eigenvalue weighted by molar-refractivity contribution is -0.384. The van der Waals surface area contributed by atoms with Gasteiger partial charge >= 0.3 is 0 Å². The Hall–Kier alpha value is -2.08. The first-order valence-corrected chi connectivity index (χ1v) is 5.28. The molecule has 2 rings (SSSR count). The van der Waals surface area contributed by atoms with Crippen LogP contribution < -0.4 is 5.73 Å². The number of rotatable bonds is 2. The van der Waals surface area contributed by atoms with E-state index in [0.717, 1.165) is 0 Å². The average molecular weight is 236 g/mol. The largest absolute Gasteiger partial charge is 0.507 e. The number of aromatic hydroxyl groups is 1. The molecule has 3 N–H and O–H groups in total. The molecular formula is C10H8N2O3S. The maximum atomic E-state index is 10.5. The van der Waals surface area contributed by atoms with Gasteiger partial charge in [-0.05, 0) is 12.1 Å². The van der Waals surface area contributed by atoms with Crippen molar-refractivity contribution in [3.63, 3.8) is 0 Å². The van der Waals surface area contributed by atoms with Gasteiger partial charge in [0.25, 0.3) is 5.69 Å². The Morgan fingerprint density at radius 2 is 2.19 bits per heavy atom. The zero-order valence-electron chi connectivity index (χ0n) is 8.08. The summed E-state index contributed by atoms with van der Waals surface area (Å²) in [6.07, 6.45) is 0. The van der Waals surface area contributed by atoms with E-state index in [1.165, 1.54) is 28.8 Å². The van der Waals surface area contributed by atoms with Gasteiger partial charge in [0, 0.05) is 16.6 Å². The van der Waals surface area contributed by atoms with E-state index in [2.05, 4.69) is 0 Å². The van der Waals surface area contributed by atoms with E-state index >= 15 is 0 Å². The van der Waals surface area contributed by atoms with E-state index in [0.29, 0.717) is 16.1 Å². The van der Waals surface area contributed by atoms with Crippen molar-refractivity contribution in [3.05, 3.63) is 39.8 Å². The van der Waals surface area contributed by atoms with Crippen molar-refractivity contribution in [2.24, 2.45) is 0 Å². The minimum atomic E-state index is -0.476. The van der Waals surface area contributed by atoms with E-state index in [-0.39, 0.29) is 11.4 Å². The molecule has 0 spiro atoms. The highest BCUT2D eigenvalue weighted by molar-refractivity contribution is 7.14. The van der Waals surface area contributed by atoms with Gasteiger partial charge in [0.05, 0.1) is 15.9 Å². The lowest BCUT2D eigenvalue weighted by Crippen LogP contribution is -1.88. The molecule has 0 amide bonds. The lowest BCUT2D eigenvalue weighted by Gasteiger charge is -2.04. The molecule has 16 heavy (non-hydrogen) atoms. The minimum Gasteiger partial charge on any atom is -0.507 e. The molecule has 2 aromatic rings. The number of nitro groups is 1. The second-order valence-corrected chi connectivity index (χ2v) is 4.08. The standard InChI is InChI=1S/C10H8N2O3S/c11-7-2-1-3-8(13)10(7)9-4-6(5-16-9)12(14)15/h1-5,13H,11H2. The monoisotopic (exact) mass is 236 g/mol. The molecule has 1 aromatic heterocycles. The maximum Gasteiger partial charge on any atom is 0.280 e. The molecule has 0 saturated heterocycles. The predicted octanol–water partition coefficient (Wildman–Crippen LogP) is 2.61. The summed E-state index contributed by atoms with van der Waals surface area (Å²) in [5.74, 6) is 0.0248. The Balaban J connectivity index is 2.54. The van der Waals surface area contributed by atoms with Crippen LogP contribution in [-0.4, -0.2) is 10.0 Å². The minimum absolute atomic E-state index is 0.00246. The first kappa shape index (κ1) is 10.4. The van der Waals surface area contributed by atoms with Gasteiger partial charge in [-0.2, -0.15) is 0 Å². The maximum absolute atomic E-state index is 10.5. The molecule has 0 radical (unpaired) electrons. The first-order chi connectivity index (χ1) is 7.59. The molecule has 1 heterocycles. The van der Waals surface area contributed by atoms with E-state index in [4.69, 9.17) is 5.73 Å². The number of benzene rings is 1. The molecule has 0 aliphatic carbocycles. The highest BCUT2D eigenvalue weighted by atomic mass is 32.1. The first-order valence-electron chi connectivity index (χ1n) is 4.40. The van der Waals surface area contributed by atoms with E-state index < -0.39 is 4.92 Å². The number of anilines is 1. The van der Waals surface area contributed by atoms with Crippen LogP contribution in [0.5, 0.6) is 5.75 Å². The van der Waals surface area contributed by atoms with Crippen LogP contribution in [0.1, 0.15) is 0 Å². The van der Waals surface area contributed by atoms with E-state index in [9.17, 15) is 15.2 Å². The summed E-state index contributed by atoms with van der Waals surface area (Å²) in [4.78, 5) is 10.6. The number of nitrogens with zero attached hydrogens (tertiary/aromatic N) is 1. The van der Waals surface area contributed by atoms with Crippen molar-refractivity contribution in [2.45, 2.75) is 0 Å². The summed E-state index contributed by atoms with van der Waals surface area (Å²) in [6, 6.07) is 6.16. The third kappa shape index (κ3) is 1.70. The SMILES string of the molecule is Nc1cccc(O)c1-c1cc([N+](=O)[O-])cs1. The number of nitrogen functional groups attached to an aromatic ring is 1. The van der Waals surface area contributed by atoms with Gasteiger partial charge in [0.1, 0.15) is 5.75 Å². The molecule has 0 aliphatic rings. The van der Waals surface area contributed by atoms with Crippen molar-refractivity contribution in [2.75, 3.05) is 5.73 Å². The van der Waals surface area contributed by atoms with Crippen LogP contribution in [0, 0.1) is 10.1 Å². The molecule has 0 atom stereocenters. The van der Waals surface area contributed by atoms with Crippen molar-refractivity contribution in [1.82, 2.24) is 0 Å². The molecule has 6 heteroatoms. The van der Waals surface area contributed by atoms with Gasteiger partial charge in [0.2, 0.25) is 0 Å². The zero-order valence-corrected chi connectivity index (χ0v) is 8.90. The van der Waals surface area contributed by atoms with Gasteiger partial charge in [-0.25, -0.2) is 0 Å². The topological polar surface area (TPSA) is 89.4 Å². The van der Waals surface area contributed by atoms with Gasteiger partial charge in [-0.1, -0.05) is 6.07 Å². The van der Waals surface area contributed by atoms with Gasteiger partial charge < -0.3 is 10.8 Å². The molecular weight excluding hydrogens is 228 g/mol. The van der Waals surface area contributed by atoms with Gasteiger partial charge in [-0.3, -0.25) is 10.1 Å². The van der Waals surface area contributed by atoms with Crippen molar-refractivity contribution >= 4 is 22.7 Å². The second kappa shape index (κ2) is 3.82. The third-order valence-electron chi connectivity index (χ3n) is 2.12. The molecule has 0 bridgehead atoms. The van der Waals surface area contributed by atoms with Crippen molar-refractivity contribution < 1.29 is 10.0 Å². The molecule has 1 aromatic carbocycles. The van der Waals surface area contributed by atoms with Crippen LogP contribution in [0.25, 0.3) is 10.4 Å². The number of thiophene rings is 1. The molecule has 5 nitrogen and oxygen atoms in total. The fraction of sp³-hybridized carbons (Fsp3) is 0. The van der Waals surface area contributed by atoms with E-state index in [1.807, 2.05) is 0 Å². The summed E-state index contributed by atoms with van der Waals surface area (Å²) in [5, 5.41) is 21.6. The van der Waals surface area contributed by atoms with Crippen LogP contribution in [-0.2, 0) is 0 Å². The summed E-state index contributed by atoms with van der Waals surface area (Å²) in [7, 11) is 0. The van der Waals surface area contributed by atoms with Crippen LogP contribution in [0.2, 0.25) is 0 Å². The Bertz CT molecular complexity index is 530. The smallest absolute Gasteiger partial charge is 0.280 e. The number of hydrogen-bond acceptors (Lipinski definition) is 5. The van der Waals surface area contributed by atoms with Crippen LogP contribution in [0.4, 0.5) is 11.4 Å². The fourth-order valence-corrected chi connectivity index (χ4v) is 2.31. The van der Waals surface area contributed by atoms with Crippen molar-refractivity contribution in [1.29, 1.82) is 0 Å². The molecule has 0 unspecified atom stereocenters. The van der Waals surface area contributed by atoms with Crippen LogP contribution in [0.3, 0.4) is 0 Å². The summed E-state index contributed by atoms with van der Waals surface area (Å²) >= 11 is 1.18. The number of nitrogens with two attached hydrogens (primary N) is 1. The molecule has 0 aliphatic heterocycles. The Labute approximate surface area is 94.9 Å². The normalized spacial score (nSPS) is 10.2. The fourth-order valence-electron chi connectivity index (χ4n) is 1.38. The molecule has 0 saturated carbocycles. The summed E-state index contributed by atoms with van der Waals surface area (Å²) in [6.45, 7) is 0. The predicted molar refractivity (Wildman–Crippen MR) is 62.5 cm³/mol. The Kier molecular flexibility index (Phi) is 2.49. The number of phenols is 1. The average Bonchev–Trinajstić information content (AvgIpc) is 2.66. The lowest BCUT2D eigenvalue weighted by atomic mass is 10.1. The number of phenolic OH excluding ortho intramolecular Hbond substituents is 1. The van der Waals surface area contributed by atoms with E-state index in [1.54, 1.807) is 12.1 Å². The van der Waals surface area contributed by atoms with Gasteiger partial charge in [-0.15, -0.1) is 11.3 Å². The third-order valence-corrected chi connectivity index (χ3v) is 3.05. The van der Waals surface area contributed by atoms with Crippen molar-refractivity contribution in [3.8, 4) is 16.2 Å². The zero-order chi connectivity index (χ0) is 11.7. The quantitative estimate of drug-likeness (QED) is 0.476. The second-order valence-electron chi connectivity index (χ2n) is 3.17. The number of hydrogen-bond donors (Lipinski definition) is 2. The Morgan fingerprint density at radius 3 is 2.75 bits per heavy atom. The highest BCUT2D eigenvalue weighted by Crippen LogP contribution is 2.39. The van der Waals surface area contributed by atoms with Crippen LogP contribution in [0.15, 0.2) is 29.6 Å². The van der Waals surface area contributed by atoms with Gasteiger partial charge in [0.15, 0.2) is 0 Å². The van der Waals surface area contributed by atoms with Crippen LogP contribution >= 0.6 is 11.3 Å². The summed E-state index contributed by atoms with van der Waals surface area (Å²) < 4.78 is 0. The summed E-state index contributed by atoms with van der Waals surface area (Å²) in [5.41, 5.74) is 6.56.